The number of hydrogen-bond acceptors (Lipinski definition) is 3. The molecule has 0 bridgehead atoms. The summed E-state index contributed by atoms with van der Waals surface area (Å²) in [5.74, 6) is 0. The third-order valence-electron chi connectivity index (χ3n) is 3.37. The normalized spacial score (nSPS) is 19.1. The fraction of sp³-hybridized carbons (Fsp3) is 0.786. The highest BCUT2D eigenvalue weighted by Crippen LogP contribution is 2.33. The predicted octanol–water partition coefficient (Wildman–Crippen LogP) is 2.73. The van der Waals surface area contributed by atoms with Crippen LogP contribution in [0.3, 0.4) is 0 Å². The van der Waals surface area contributed by atoms with Gasteiger partial charge >= 0.3 is 6.09 Å². The van der Waals surface area contributed by atoms with Crippen molar-refractivity contribution in [2.24, 2.45) is 5.73 Å². The number of amides is 1. The number of nitrogens with one attached hydrogen (secondary N) is 1. The second kappa shape index (κ2) is 5.74. The van der Waals surface area contributed by atoms with E-state index in [9.17, 15) is 4.79 Å². The zero-order valence-corrected chi connectivity index (χ0v) is 11.8. The van der Waals surface area contributed by atoms with Crippen molar-refractivity contribution in [3.63, 3.8) is 0 Å². The Balaban J connectivity index is 2.73. The molecule has 0 unspecified atom stereocenters. The average Bonchev–Trinajstić information content (AvgIpc) is 2.26. The Kier molecular flexibility index (Phi) is 4.79. The Morgan fingerprint density at radius 2 is 1.89 bits per heavy atom. The van der Waals surface area contributed by atoms with Crippen molar-refractivity contribution in [3.8, 4) is 0 Å². The SMILES string of the molecule is C=C(CN)C1(NC(=O)OC(C)(C)C)CCCCC1. The van der Waals surface area contributed by atoms with Gasteiger partial charge in [0.1, 0.15) is 5.60 Å². The number of hydrogen-bond donors (Lipinski definition) is 2. The molecule has 1 amide bonds. The number of ether oxygens (including phenoxy) is 1. The van der Waals surface area contributed by atoms with Gasteiger partial charge in [-0.15, -0.1) is 0 Å². The van der Waals surface area contributed by atoms with Crippen LogP contribution < -0.4 is 11.1 Å². The lowest BCUT2D eigenvalue weighted by Gasteiger charge is -2.39. The molecule has 0 spiro atoms. The van der Waals surface area contributed by atoms with Crippen LogP contribution in [0.15, 0.2) is 12.2 Å². The molecule has 18 heavy (non-hydrogen) atoms. The molecule has 1 aliphatic rings. The first-order chi connectivity index (χ1) is 8.29. The summed E-state index contributed by atoms with van der Waals surface area (Å²) in [6.45, 7) is 10.00. The quantitative estimate of drug-likeness (QED) is 0.761. The van der Waals surface area contributed by atoms with Gasteiger partial charge in [-0.25, -0.2) is 4.79 Å². The van der Waals surface area contributed by atoms with Gasteiger partial charge in [0.05, 0.1) is 5.54 Å². The molecule has 3 N–H and O–H groups in total. The van der Waals surface area contributed by atoms with Gasteiger partial charge in [-0.2, -0.15) is 0 Å². The number of rotatable bonds is 3. The van der Waals surface area contributed by atoms with Crippen LogP contribution in [0.1, 0.15) is 52.9 Å². The number of carbonyl (C=O) groups is 1. The first kappa shape index (κ1) is 15.0. The summed E-state index contributed by atoms with van der Waals surface area (Å²) in [7, 11) is 0. The average molecular weight is 254 g/mol. The molecule has 1 fully saturated rings. The maximum atomic E-state index is 11.9. The molecule has 0 aliphatic heterocycles. The minimum atomic E-state index is -0.482. The summed E-state index contributed by atoms with van der Waals surface area (Å²) in [6, 6.07) is 0. The molecular weight excluding hydrogens is 228 g/mol. The molecule has 0 saturated heterocycles. The van der Waals surface area contributed by atoms with Crippen molar-refractivity contribution in [2.45, 2.75) is 64.0 Å². The van der Waals surface area contributed by atoms with Crippen molar-refractivity contribution in [1.29, 1.82) is 0 Å². The molecule has 0 radical (unpaired) electrons. The van der Waals surface area contributed by atoms with Gasteiger partial charge in [-0.1, -0.05) is 25.8 Å². The lowest BCUT2D eigenvalue weighted by molar-refractivity contribution is 0.0450. The second-order valence-electron chi connectivity index (χ2n) is 6.08. The van der Waals surface area contributed by atoms with E-state index in [1.807, 2.05) is 20.8 Å². The topological polar surface area (TPSA) is 64.3 Å². The van der Waals surface area contributed by atoms with Crippen LogP contribution in [0.4, 0.5) is 4.79 Å². The predicted molar refractivity (Wildman–Crippen MR) is 73.4 cm³/mol. The van der Waals surface area contributed by atoms with Gasteiger partial charge in [-0.3, -0.25) is 0 Å². The zero-order chi connectivity index (χ0) is 13.8. The van der Waals surface area contributed by atoms with Gasteiger partial charge in [0.15, 0.2) is 0 Å². The van der Waals surface area contributed by atoms with Crippen LogP contribution in [0.5, 0.6) is 0 Å². The third kappa shape index (κ3) is 4.02. The smallest absolute Gasteiger partial charge is 0.408 e. The fourth-order valence-electron chi connectivity index (χ4n) is 2.42. The summed E-state index contributed by atoms with van der Waals surface area (Å²) in [4.78, 5) is 11.9. The van der Waals surface area contributed by atoms with Crippen molar-refractivity contribution in [1.82, 2.24) is 5.32 Å². The molecular formula is C14H26N2O2. The van der Waals surface area contributed by atoms with Crippen LogP contribution in [-0.4, -0.2) is 23.8 Å². The summed E-state index contributed by atoms with van der Waals surface area (Å²) in [5, 5.41) is 3.00. The minimum Gasteiger partial charge on any atom is -0.444 e. The Labute approximate surface area is 110 Å². The first-order valence-corrected chi connectivity index (χ1v) is 6.68. The molecule has 0 atom stereocenters. The fourth-order valence-corrected chi connectivity index (χ4v) is 2.42. The number of alkyl carbamates (subject to hydrolysis) is 1. The Morgan fingerprint density at radius 1 is 1.33 bits per heavy atom. The standard InChI is InChI=1S/C14H26N2O2/c1-11(10-15)14(8-6-5-7-9-14)16-12(17)18-13(2,3)4/h1,5-10,15H2,2-4H3,(H,16,17). The first-order valence-electron chi connectivity index (χ1n) is 6.68. The maximum absolute atomic E-state index is 11.9. The Hall–Kier alpha value is -1.03. The maximum Gasteiger partial charge on any atom is 0.408 e. The van der Waals surface area contributed by atoms with Crippen LogP contribution in [0.2, 0.25) is 0 Å². The molecule has 4 nitrogen and oxygen atoms in total. The summed E-state index contributed by atoms with van der Waals surface area (Å²) in [6.07, 6.45) is 4.82. The number of nitrogens with two attached hydrogens (primary N) is 1. The van der Waals surface area contributed by atoms with Crippen molar-refractivity contribution in [3.05, 3.63) is 12.2 Å². The lowest BCUT2D eigenvalue weighted by atomic mass is 9.77. The molecule has 1 aliphatic carbocycles. The zero-order valence-electron chi connectivity index (χ0n) is 11.8. The van der Waals surface area contributed by atoms with Crippen LogP contribution in [0.25, 0.3) is 0 Å². The van der Waals surface area contributed by atoms with E-state index in [1.165, 1.54) is 6.42 Å². The summed E-state index contributed by atoms with van der Waals surface area (Å²) < 4.78 is 5.33. The highest BCUT2D eigenvalue weighted by Gasteiger charge is 2.36. The van der Waals surface area contributed by atoms with Crippen LogP contribution in [0, 0.1) is 0 Å². The molecule has 0 aromatic heterocycles. The van der Waals surface area contributed by atoms with E-state index in [1.54, 1.807) is 0 Å². The Morgan fingerprint density at radius 3 is 2.33 bits per heavy atom. The molecule has 0 heterocycles. The molecule has 104 valence electrons. The molecule has 1 saturated carbocycles. The molecule has 0 aromatic carbocycles. The van der Waals surface area contributed by atoms with Crippen LogP contribution in [-0.2, 0) is 4.74 Å². The van der Waals surface area contributed by atoms with E-state index in [4.69, 9.17) is 10.5 Å². The second-order valence-corrected chi connectivity index (χ2v) is 6.08. The van der Waals surface area contributed by atoms with E-state index < -0.39 is 5.60 Å². The Bertz CT molecular complexity index is 312. The monoisotopic (exact) mass is 254 g/mol. The largest absolute Gasteiger partial charge is 0.444 e. The minimum absolute atomic E-state index is 0.366. The highest BCUT2D eigenvalue weighted by atomic mass is 16.6. The van der Waals surface area contributed by atoms with Crippen molar-refractivity contribution < 1.29 is 9.53 Å². The van der Waals surface area contributed by atoms with E-state index in [-0.39, 0.29) is 11.6 Å². The lowest BCUT2D eigenvalue weighted by Crippen LogP contribution is -2.53. The summed E-state index contributed by atoms with van der Waals surface area (Å²) in [5.41, 5.74) is 5.75. The van der Waals surface area contributed by atoms with E-state index in [0.29, 0.717) is 6.54 Å². The van der Waals surface area contributed by atoms with Gasteiger partial charge in [0.2, 0.25) is 0 Å². The van der Waals surface area contributed by atoms with E-state index >= 15 is 0 Å². The molecule has 4 heteroatoms. The molecule has 0 aromatic rings. The highest BCUT2D eigenvalue weighted by molar-refractivity contribution is 5.69. The van der Waals surface area contributed by atoms with Crippen LogP contribution >= 0.6 is 0 Å². The molecule has 1 rings (SSSR count). The van der Waals surface area contributed by atoms with Gasteiger partial charge in [0, 0.05) is 6.54 Å². The van der Waals surface area contributed by atoms with Crippen molar-refractivity contribution >= 4 is 6.09 Å². The van der Waals surface area contributed by atoms with E-state index in [2.05, 4.69) is 11.9 Å². The van der Waals surface area contributed by atoms with Gasteiger partial charge in [0.25, 0.3) is 0 Å². The van der Waals surface area contributed by atoms with Gasteiger partial charge < -0.3 is 15.8 Å². The third-order valence-corrected chi connectivity index (χ3v) is 3.37. The summed E-state index contributed by atoms with van der Waals surface area (Å²) >= 11 is 0. The van der Waals surface area contributed by atoms with Gasteiger partial charge in [-0.05, 0) is 39.2 Å². The van der Waals surface area contributed by atoms with E-state index in [0.717, 1.165) is 31.3 Å². The van der Waals surface area contributed by atoms with Crippen molar-refractivity contribution in [2.75, 3.05) is 6.54 Å². The number of carbonyl (C=O) groups excluding carboxylic acids is 1.